The first-order chi connectivity index (χ1) is 30.0. The second kappa shape index (κ2) is 14.8. The second-order valence-electron chi connectivity index (χ2n) is 21.6. The van der Waals surface area contributed by atoms with Gasteiger partial charge in [-0.3, -0.25) is 0 Å². The maximum absolute atomic E-state index is 2.49. The van der Waals surface area contributed by atoms with Crippen LogP contribution in [0.15, 0.2) is 152 Å². The van der Waals surface area contributed by atoms with E-state index in [2.05, 4.69) is 226 Å². The van der Waals surface area contributed by atoms with Crippen molar-refractivity contribution in [2.24, 2.45) is 0 Å². The monoisotopic (exact) mass is 821 g/mol. The standard InChI is InChI=1S/C62H63N/c1-40-25-31-53-57(61(7,8)35-33-59(53,3)4)55(40)44-18-15-20-47(37-44)63(46-29-27-42(28-30-46)52-39-43-17-11-12-22-49(43)50-23-13-14-24-51(50)52)48-21-16-19-45(38-48)56-41(2)26-32-54-58(56)62(9,10)36-34-60(54,5)6/h11-32,37-39H,33-36H2,1-10H3. The molecule has 2 aliphatic carbocycles. The molecule has 0 bridgehead atoms. The molecule has 8 aromatic rings. The summed E-state index contributed by atoms with van der Waals surface area (Å²) in [6, 6.07) is 57.7. The number of rotatable bonds is 6. The molecule has 0 aromatic heterocycles. The molecule has 0 saturated carbocycles. The molecular weight excluding hydrogens is 759 g/mol. The second-order valence-corrected chi connectivity index (χ2v) is 21.6. The van der Waals surface area contributed by atoms with E-state index in [-0.39, 0.29) is 21.7 Å². The average molecular weight is 822 g/mol. The molecule has 0 atom stereocenters. The fourth-order valence-electron chi connectivity index (χ4n) is 11.6. The van der Waals surface area contributed by atoms with Gasteiger partial charge in [-0.25, -0.2) is 0 Å². The third-order valence-electron chi connectivity index (χ3n) is 15.4. The Hall–Kier alpha value is -5.92. The van der Waals surface area contributed by atoms with Crippen LogP contribution in [0.3, 0.4) is 0 Å². The summed E-state index contributed by atoms with van der Waals surface area (Å²) in [6.45, 7) is 24.2. The summed E-state index contributed by atoms with van der Waals surface area (Å²) in [4.78, 5) is 2.49. The minimum atomic E-state index is 0.0774. The minimum Gasteiger partial charge on any atom is -0.310 e. The van der Waals surface area contributed by atoms with Crippen molar-refractivity contribution < 1.29 is 0 Å². The summed E-state index contributed by atoms with van der Waals surface area (Å²) in [7, 11) is 0. The Morgan fingerprint density at radius 1 is 0.365 bits per heavy atom. The van der Waals surface area contributed by atoms with E-state index in [0.717, 1.165) is 17.1 Å². The normalized spacial score (nSPS) is 17.0. The lowest BCUT2D eigenvalue weighted by molar-refractivity contribution is 0.332. The topological polar surface area (TPSA) is 3.24 Å². The third kappa shape index (κ3) is 6.91. The lowest BCUT2D eigenvalue weighted by atomic mass is 9.61. The first-order valence-corrected chi connectivity index (χ1v) is 23.4. The fraction of sp³-hybridized carbons (Fsp3) is 0.290. The van der Waals surface area contributed by atoms with Gasteiger partial charge >= 0.3 is 0 Å². The molecule has 8 aromatic carbocycles. The van der Waals surface area contributed by atoms with Gasteiger partial charge in [0.15, 0.2) is 0 Å². The Labute approximate surface area is 376 Å². The van der Waals surface area contributed by atoms with Gasteiger partial charge in [0.2, 0.25) is 0 Å². The number of hydrogen-bond acceptors (Lipinski definition) is 1. The van der Waals surface area contributed by atoms with Gasteiger partial charge in [0.1, 0.15) is 0 Å². The number of benzene rings is 8. The van der Waals surface area contributed by atoms with Crippen molar-refractivity contribution >= 4 is 38.6 Å². The van der Waals surface area contributed by atoms with Crippen LogP contribution in [-0.2, 0) is 21.7 Å². The molecule has 10 rings (SSSR count). The zero-order chi connectivity index (χ0) is 44.1. The minimum absolute atomic E-state index is 0.0774. The molecule has 0 unspecified atom stereocenters. The average Bonchev–Trinajstić information content (AvgIpc) is 3.27. The van der Waals surface area contributed by atoms with Crippen molar-refractivity contribution in [3.63, 3.8) is 0 Å². The van der Waals surface area contributed by atoms with E-state index in [1.807, 2.05) is 0 Å². The largest absolute Gasteiger partial charge is 0.310 e. The molecule has 0 saturated heterocycles. The van der Waals surface area contributed by atoms with Gasteiger partial charge in [0.25, 0.3) is 0 Å². The van der Waals surface area contributed by atoms with Crippen LogP contribution in [0.1, 0.15) is 114 Å². The molecular formula is C62H63N. The van der Waals surface area contributed by atoms with E-state index in [1.54, 1.807) is 0 Å². The van der Waals surface area contributed by atoms with Crippen LogP contribution in [0.5, 0.6) is 0 Å². The smallest absolute Gasteiger partial charge is 0.0467 e. The molecule has 0 N–H and O–H groups in total. The number of hydrogen-bond donors (Lipinski definition) is 0. The molecule has 316 valence electrons. The number of fused-ring (bicyclic) bond motifs is 5. The summed E-state index contributed by atoms with van der Waals surface area (Å²) in [5, 5.41) is 5.13. The zero-order valence-corrected chi connectivity index (χ0v) is 39.2. The van der Waals surface area contributed by atoms with Crippen LogP contribution >= 0.6 is 0 Å². The summed E-state index contributed by atoms with van der Waals surface area (Å²) in [6.07, 6.45) is 4.75. The number of nitrogens with zero attached hydrogens (tertiary/aromatic N) is 1. The van der Waals surface area contributed by atoms with Gasteiger partial charge in [0.05, 0.1) is 0 Å². The van der Waals surface area contributed by atoms with Gasteiger partial charge in [-0.1, -0.05) is 165 Å². The molecule has 1 heteroatoms. The van der Waals surface area contributed by atoms with Crippen molar-refractivity contribution in [3.05, 3.63) is 185 Å². The Kier molecular flexibility index (Phi) is 9.68. The third-order valence-corrected chi connectivity index (χ3v) is 15.4. The first-order valence-electron chi connectivity index (χ1n) is 23.4. The Balaban J connectivity index is 1.17. The summed E-state index contributed by atoms with van der Waals surface area (Å²) in [5.41, 5.74) is 20.4. The van der Waals surface area contributed by atoms with Gasteiger partial charge in [-0.15, -0.1) is 0 Å². The van der Waals surface area contributed by atoms with Crippen LogP contribution in [0, 0.1) is 13.8 Å². The fourth-order valence-corrected chi connectivity index (χ4v) is 11.6. The highest BCUT2D eigenvalue weighted by Crippen LogP contribution is 2.53. The summed E-state index contributed by atoms with van der Waals surface area (Å²) < 4.78 is 0. The van der Waals surface area contributed by atoms with Crippen molar-refractivity contribution in [2.45, 2.75) is 117 Å². The van der Waals surface area contributed by atoms with Crippen molar-refractivity contribution in [2.75, 3.05) is 4.90 Å². The lowest BCUT2D eigenvalue weighted by Crippen LogP contribution is -2.34. The molecule has 2 aliphatic rings. The SMILES string of the molecule is Cc1ccc2c(c1-c1cccc(N(c3ccc(-c4cc5ccccc5c5ccccc45)cc3)c3cccc(-c4c(C)ccc5c4C(C)(C)CCC5(C)C)c3)c1)C(C)(C)CCC2(C)C. The molecule has 0 radical (unpaired) electrons. The van der Waals surface area contributed by atoms with Gasteiger partial charge < -0.3 is 4.90 Å². The predicted octanol–water partition coefficient (Wildman–Crippen LogP) is 17.8. The Bertz CT molecular complexity index is 2950. The van der Waals surface area contributed by atoms with Crippen molar-refractivity contribution in [3.8, 4) is 33.4 Å². The van der Waals surface area contributed by atoms with Crippen LogP contribution in [-0.4, -0.2) is 0 Å². The molecule has 1 nitrogen and oxygen atoms in total. The number of aryl methyl sites for hydroxylation is 2. The Morgan fingerprint density at radius 3 is 1.35 bits per heavy atom. The van der Waals surface area contributed by atoms with E-state index in [4.69, 9.17) is 0 Å². The van der Waals surface area contributed by atoms with E-state index >= 15 is 0 Å². The van der Waals surface area contributed by atoms with E-state index in [0.29, 0.717) is 0 Å². The van der Waals surface area contributed by atoms with Crippen LogP contribution in [0.25, 0.3) is 54.9 Å². The summed E-state index contributed by atoms with van der Waals surface area (Å²) in [5.74, 6) is 0. The van der Waals surface area contributed by atoms with E-state index in [1.165, 1.54) is 114 Å². The van der Waals surface area contributed by atoms with Gasteiger partial charge in [0, 0.05) is 17.1 Å². The van der Waals surface area contributed by atoms with Gasteiger partial charge in [-0.2, -0.15) is 0 Å². The maximum Gasteiger partial charge on any atom is 0.0467 e. The highest BCUT2D eigenvalue weighted by atomic mass is 15.1. The molecule has 0 spiro atoms. The maximum atomic E-state index is 2.49. The van der Waals surface area contributed by atoms with Crippen molar-refractivity contribution in [1.29, 1.82) is 0 Å². The highest BCUT2D eigenvalue weighted by molar-refractivity contribution is 6.13. The Morgan fingerprint density at radius 2 is 0.825 bits per heavy atom. The number of anilines is 3. The van der Waals surface area contributed by atoms with Gasteiger partial charge in [-0.05, 0) is 192 Å². The van der Waals surface area contributed by atoms with Crippen LogP contribution in [0.4, 0.5) is 17.1 Å². The molecule has 0 amide bonds. The van der Waals surface area contributed by atoms with E-state index in [9.17, 15) is 0 Å². The van der Waals surface area contributed by atoms with Crippen molar-refractivity contribution in [1.82, 2.24) is 0 Å². The molecule has 0 fully saturated rings. The quantitative estimate of drug-likeness (QED) is 0.151. The van der Waals surface area contributed by atoms with Crippen LogP contribution < -0.4 is 4.90 Å². The lowest BCUT2D eigenvalue weighted by Gasteiger charge is -2.43. The van der Waals surface area contributed by atoms with Crippen LogP contribution in [0.2, 0.25) is 0 Å². The first kappa shape index (κ1) is 41.1. The summed E-state index contributed by atoms with van der Waals surface area (Å²) >= 11 is 0. The predicted molar refractivity (Wildman–Crippen MR) is 272 cm³/mol. The van der Waals surface area contributed by atoms with E-state index < -0.39 is 0 Å². The molecule has 0 heterocycles. The zero-order valence-electron chi connectivity index (χ0n) is 39.2. The molecule has 63 heavy (non-hydrogen) atoms. The highest BCUT2D eigenvalue weighted by Gasteiger charge is 2.41. The molecule has 0 aliphatic heterocycles.